The van der Waals surface area contributed by atoms with E-state index in [1.165, 1.54) is 0 Å². The van der Waals surface area contributed by atoms with Crippen LogP contribution in [-0.2, 0) is 20.9 Å². The third-order valence-corrected chi connectivity index (χ3v) is 4.09. The van der Waals surface area contributed by atoms with E-state index in [1.807, 2.05) is 69.8 Å². The average Bonchev–Trinajstić information content (AvgIpc) is 2.57. The van der Waals surface area contributed by atoms with E-state index in [-0.39, 0.29) is 23.7 Å². The van der Waals surface area contributed by atoms with Gasteiger partial charge in [0.25, 0.3) is 0 Å². The molecule has 6 nitrogen and oxygen atoms in total. The molecule has 2 amide bonds. The molecule has 0 aliphatic carbocycles. The Kier molecular flexibility index (Phi) is 8.58. The zero-order chi connectivity index (χ0) is 19.9. The fourth-order valence-corrected chi connectivity index (χ4v) is 2.55. The van der Waals surface area contributed by atoms with Crippen LogP contribution in [0.3, 0.4) is 0 Å². The number of nitrogens with zero attached hydrogens (tertiary/aromatic N) is 2. The molecule has 146 valence electrons. The molecule has 26 heavy (non-hydrogen) atoms. The number of nitrogens with one attached hydrogen (secondary N) is 1. The third-order valence-electron chi connectivity index (χ3n) is 4.09. The number of amides is 2. The Morgan fingerprint density at radius 3 is 2.27 bits per heavy atom. The topological polar surface area (TPSA) is 61.9 Å². The molecule has 1 aromatic carbocycles. The molecule has 1 N–H and O–H groups in total. The molecular weight excluding hydrogens is 330 g/mol. The summed E-state index contributed by atoms with van der Waals surface area (Å²) in [5, 5.41) is 2.93. The van der Waals surface area contributed by atoms with Crippen molar-refractivity contribution < 1.29 is 14.3 Å². The largest absolute Gasteiger partial charge is 0.383 e. The highest BCUT2D eigenvalue weighted by atomic mass is 16.5. The van der Waals surface area contributed by atoms with Gasteiger partial charge in [-0.25, -0.2) is 0 Å². The molecule has 0 aliphatic rings. The molecule has 0 saturated heterocycles. The lowest BCUT2D eigenvalue weighted by molar-refractivity contribution is -0.135. The second-order valence-electron chi connectivity index (χ2n) is 7.29. The number of methoxy groups -OCH3 is 1. The standard InChI is InChI=1S/C20H33N3O3/c1-14(2)19(24)21-17-8-9-18(22(5)6)16(12-17)13-23(10-11-26-7)20(25)15(3)4/h8-9,12,14-15H,10-11,13H2,1-7H3,(H,21,24). The van der Waals surface area contributed by atoms with Gasteiger partial charge in [-0.3, -0.25) is 9.59 Å². The second-order valence-corrected chi connectivity index (χ2v) is 7.29. The summed E-state index contributed by atoms with van der Waals surface area (Å²) in [5.41, 5.74) is 2.75. The van der Waals surface area contributed by atoms with Crippen LogP contribution < -0.4 is 10.2 Å². The molecule has 0 spiro atoms. The minimum Gasteiger partial charge on any atom is -0.383 e. The van der Waals surface area contributed by atoms with Gasteiger partial charge in [0.05, 0.1) is 6.61 Å². The fourth-order valence-electron chi connectivity index (χ4n) is 2.55. The molecule has 0 bridgehead atoms. The molecule has 0 saturated carbocycles. The zero-order valence-corrected chi connectivity index (χ0v) is 17.1. The third kappa shape index (κ3) is 6.33. The summed E-state index contributed by atoms with van der Waals surface area (Å²) in [5.74, 6) is -0.113. The molecular formula is C20H33N3O3. The Balaban J connectivity index is 3.15. The lowest BCUT2D eigenvalue weighted by atomic mass is 10.1. The molecule has 0 unspecified atom stereocenters. The number of benzene rings is 1. The summed E-state index contributed by atoms with van der Waals surface area (Å²) in [6.45, 7) is 9.00. The molecule has 1 aromatic rings. The van der Waals surface area contributed by atoms with E-state index in [0.29, 0.717) is 19.7 Å². The number of carbonyl (C=O) groups is 2. The van der Waals surface area contributed by atoms with Gasteiger partial charge in [0.2, 0.25) is 11.8 Å². The molecule has 0 aliphatic heterocycles. The van der Waals surface area contributed by atoms with E-state index in [0.717, 1.165) is 16.9 Å². The lowest BCUT2D eigenvalue weighted by Gasteiger charge is -2.27. The summed E-state index contributed by atoms with van der Waals surface area (Å²) >= 11 is 0. The van der Waals surface area contributed by atoms with Crippen molar-refractivity contribution in [2.24, 2.45) is 11.8 Å². The highest BCUT2D eigenvalue weighted by Gasteiger charge is 2.19. The van der Waals surface area contributed by atoms with Crippen LogP contribution in [0.4, 0.5) is 11.4 Å². The lowest BCUT2D eigenvalue weighted by Crippen LogP contribution is -2.36. The van der Waals surface area contributed by atoms with Gasteiger partial charge < -0.3 is 19.9 Å². The first kappa shape index (κ1) is 22.0. The van der Waals surface area contributed by atoms with Gasteiger partial charge in [0.15, 0.2) is 0 Å². The molecule has 1 rings (SSSR count). The van der Waals surface area contributed by atoms with Crippen molar-refractivity contribution in [1.82, 2.24) is 4.90 Å². The van der Waals surface area contributed by atoms with Crippen LogP contribution in [0.2, 0.25) is 0 Å². The highest BCUT2D eigenvalue weighted by Crippen LogP contribution is 2.25. The number of rotatable bonds is 9. The van der Waals surface area contributed by atoms with Crippen molar-refractivity contribution in [2.75, 3.05) is 44.6 Å². The van der Waals surface area contributed by atoms with Crippen molar-refractivity contribution in [3.8, 4) is 0 Å². The number of anilines is 2. The normalized spacial score (nSPS) is 11.0. The van der Waals surface area contributed by atoms with Gasteiger partial charge in [-0.1, -0.05) is 27.7 Å². The maximum absolute atomic E-state index is 12.6. The van der Waals surface area contributed by atoms with Crippen molar-refractivity contribution in [1.29, 1.82) is 0 Å². The SMILES string of the molecule is COCCN(Cc1cc(NC(=O)C(C)C)ccc1N(C)C)C(=O)C(C)C. The fraction of sp³-hybridized carbons (Fsp3) is 0.600. The van der Waals surface area contributed by atoms with Gasteiger partial charge in [-0.15, -0.1) is 0 Å². The van der Waals surface area contributed by atoms with Crippen LogP contribution in [0.5, 0.6) is 0 Å². The quantitative estimate of drug-likeness (QED) is 0.733. The van der Waals surface area contributed by atoms with Crippen LogP contribution >= 0.6 is 0 Å². The first-order valence-electron chi connectivity index (χ1n) is 9.06. The summed E-state index contributed by atoms with van der Waals surface area (Å²) in [4.78, 5) is 28.4. The van der Waals surface area contributed by atoms with Crippen molar-refractivity contribution in [3.05, 3.63) is 23.8 Å². The van der Waals surface area contributed by atoms with Crippen LogP contribution in [0.25, 0.3) is 0 Å². The Hall–Kier alpha value is -2.08. The predicted molar refractivity (Wildman–Crippen MR) is 106 cm³/mol. The number of hydrogen-bond donors (Lipinski definition) is 1. The van der Waals surface area contributed by atoms with Gasteiger partial charge in [-0.2, -0.15) is 0 Å². The summed E-state index contributed by atoms with van der Waals surface area (Å²) in [7, 11) is 5.56. The van der Waals surface area contributed by atoms with Gasteiger partial charge in [0, 0.05) is 57.5 Å². The van der Waals surface area contributed by atoms with Crippen LogP contribution in [0.15, 0.2) is 18.2 Å². The second kappa shape index (κ2) is 10.2. The first-order valence-corrected chi connectivity index (χ1v) is 9.06. The molecule has 0 atom stereocenters. The van der Waals surface area contributed by atoms with Crippen molar-refractivity contribution in [3.63, 3.8) is 0 Å². The van der Waals surface area contributed by atoms with Crippen LogP contribution in [-0.4, -0.2) is 51.1 Å². The number of hydrogen-bond acceptors (Lipinski definition) is 4. The van der Waals surface area contributed by atoms with Gasteiger partial charge in [0.1, 0.15) is 0 Å². The Labute approximate surface area is 157 Å². The van der Waals surface area contributed by atoms with E-state index >= 15 is 0 Å². The monoisotopic (exact) mass is 363 g/mol. The molecule has 0 fully saturated rings. The predicted octanol–water partition coefficient (Wildman–Crippen LogP) is 2.98. The van der Waals surface area contributed by atoms with Crippen LogP contribution in [0, 0.1) is 11.8 Å². The number of ether oxygens (including phenoxy) is 1. The molecule has 0 heterocycles. The Morgan fingerprint density at radius 1 is 1.12 bits per heavy atom. The Bertz CT molecular complexity index is 612. The summed E-state index contributed by atoms with van der Waals surface area (Å²) < 4.78 is 5.16. The minimum atomic E-state index is -0.0901. The van der Waals surface area contributed by atoms with E-state index in [9.17, 15) is 9.59 Å². The highest BCUT2D eigenvalue weighted by molar-refractivity contribution is 5.92. The molecule has 0 radical (unpaired) electrons. The summed E-state index contributed by atoms with van der Waals surface area (Å²) in [6.07, 6.45) is 0. The number of carbonyl (C=O) groups excluding carboxylic acids is 2. The van der Waals surface area contributed by atoms with Gasteiger partial charge in [-0.05, 0) is 23.8 Å². The Morgan fingerprint density at radius 2 is 1.77 bits per heavy atom. The van der Waals surface area contributed by atoms with Crippen molar-refractivity contribution >= 4 is 23.2 Å². The van der Waals surface area contributed by atoms with E-state index in [1.54, 1.807) is 7.11 Å². The molecule has 0 aromatic heterocycles. The smallest absolute Gasteiger partial charge is 0.226 e. The van der Waals surface area contributed by atoms with E-state index in [4.69, 9.17) is 4.74 Å². The maximum Gasteiger partial charge on any atom is 0.226 e. The first-order chi connectivity index (χ1) is 12.2. The summed E-state index contributed by atoms with van der Waals surface area (Å²) in [6, 6.07) is 5.81. The van der Waals surface area contributed by atoms with E-state index in [2.05, 4.69) is 5.32 Å². The van der Waals surface area contributed by atoms with E-state index < -0.39 is 0 Å². The van der Waals surface area contributed by atoms with Crippen LogP contribution in [0.1, 0.15) is 33.3 Å². The zero-order valence-electron chi connectivity index (χ0n) is 17.1. The van der Waals surface area contributed by atoms with Gasteiger partial charge >= 0.3 is 0 Å². The molecule has 6 heteroatoms. The van der Waals surface area contributed by atoms with Crippen molar-refractivity contribution in [2.45, 2.75) is 34.2 Å². The minimum absolute atomic E-state index is 0.0250. The maximum atomic E-state index is 12.6. The average molecular weight is 364 g/mol.